The van der Waals surface area contributed by atoms with E-state index < -0.39 is 5.97 Å². The summed E-state index contributed by atoms with van der Waals surface area (Å²) in [6.07, 6.45) is 0. The van der Waals surface area contributed by atoms with Crippen molar-refractivity contribution in [3.05, 3.63) is 29.8 Å². The number of esters is 1. The summed E-state index contributed by atoms with van der Waals surface area (Å²) in [6.45, 7) is 0.991. The van der Waals surface area contributed by atoms with Crippen molar-refractivity contribution in [2.45, 2.75) is 6.92 Å². The molecule has 0 heterocycles. The highest BCUT2D eigenvalue weighted by Crippen LogP contribution is 2.11. The fourth-order valence-electron chi connectivity index (χ4n) is 0.996. The molecule has 0 saturated carbocycles. The molecule has 0 unspecified atom stereocenters. The predicted molar refractivity (Wildman–Crippen MR) is 51.8 cm³/mol. The van der Waals surface area contributed by atoms with Crippen LogP contribution < -0.4 is 5.73 Å². The van der Waals surface area contributed by atoms with Crippen molar-refractivity contribution >= 4 is 17.4 Å². The molecule has 0 radical (unpaired) electrons. The molecule has 4 nitrogen and oxygen atoms in total. The van der Waals surface area contributed by atoms with Crippen LogP contribution in [0.3, 0.4) is 0 Å². The molecule has 0 aliphatic carbocycles. The van der Waals surface area contributed by atoms with Crippen LogP contribution in [0.5, 0.6) is 0 Å². The molecule has 14 heavy (non-hydrogen) atoms. The molecular formula is C10H11NO3. The summed E-state index contributed by atoms with van der Waals surface area (Å²) in [5, 5.41) is 0. The van der Waals surface area contributed by atoms with Gasteiger partial charge in [-0.25, -0.2) is 0 Å². The van der Waals surface area contributed by atoms with Crippen molar-refractivity contribution in [2.75, 3.05) is 12.3 Å². The van der Waals surface area contributed by atoms with Crippen molar-refractivity contribution < 1.29 is 14.3 Å². The Labute approximate surface area is 81.7 Å². The third-order valence-electron chi connectivity index (χ3n) is 1.67. The lowest BCUT2D eigenvalue weighted by Crippen LogP contribution is -2.13. The number of Topliss-reactive ketones (excluding diaryl/α,β-unsaturated/α-hetero) is 1. The van der Waals surface area contributed by atoms with E-state index in [1.807, 2.05) is 0 Å². The normalized spacial score (nSPS) is 9.50. The lowest BCUT2D eigenvalue weighted by atomic mass is 10.1. The Morgan fingerprint density at radius 1 is 1.36 bits per heavy atom. The Kier molecular flexibility index (Phi) is 3.23. The average Bonchev–Trinajstić information content (AvgIpc) is 2.15. The molecule has 1 aromatic rings. The Balaban J connectivity index is 2.70. The quantitative estimate of drug-likeness (QED) is 0.442. The molecule has 1 aromatic carbocycles. The number of carbonyl (C=O) groups excluding carboxylic acids is 2. The summed E-state index contributed by atoms with van der Waals surface area (Å²) >= 11 is 0. The number of ketones is 1. The summed E-state index contributed by atoms with van der Waals surface area (Å²) in [5.74, 6) is -0.772. The predicted octanol–water partition coefficient (Wildman–Crippen LogP) is 1.01. The first-order chi connectivity index (χ1) is 6.61. The molecule has 74 valence electrons. The van der Waals surface area contributed by atoms with Gasteiger partial charge < -0.3 is 10.5 Å². The highest BCUT2D eigenvalue weighted by Gasteiger charge is 2.09. The summed E-state index contributed by atoms with van der Waals surface area (Å²) in [7, 11) is 0. The van der Waals surface area contributed by atoms with Crippen LogP contribution in [0.1, 0.15) is 17.3 Å². The summed E-state index contributed by atoms with van der Waals surface area (Å²) in [5.41, 5.74) is 6.34. The van der Waals surface area contributed by atoms with Gasteiger partial charge in [0.25, 0.3) is 0 Å². The maximum atomic E-state index is 11.4. The zero-order valence-corrected chi connectivity index (χ0v) is 7.82. The lowest BCUT2D eigenvalue weighted by molar-refractivity contribution is -0.139. The van der Waals surface area contributed by atoms with E-state index in [2.05, 4.69) is 4.74 Å². The van der Waals surface area contributed by atoms with Crippen molar-refractivity contribution in [2.24, 2.45) is 0 Å². The first-order valence-electron chi connectivity index (χ1n) is 4.12. The highest BCUT2D eigenvalue weighted by atomic mass is 16.5. The molecule has 0 atom stereocenters. The minimum absolute atomic E-state index is 0.260. The van der Waals surface area contributed by atoms with Crippen LogP contribution in [0.25, 0.3) is 0 Å². The van der Waals surface area contributed by atoms with Gasteiger partial charge in [0.2, 0.25) is 5.78 Å². The van der Waals surface area contributed by atoms with Crippen molar-refractivity contribution in [3.63, 3.8) is 0 Å². The van der Waals surface area contributed by atoms with E-state index in [0.29, 0.717) is 11.3 Å². The summed E-state index contributed by atoms with van der Waals surface area (Å²) in [4.78, 5) is 21.9. The molecule has 0 fully saturated rings. The zero-order chi connectivity index (χ0) is 10.6. The molecule has 0 saturated heterocycles. The zero-order valence-electron chi connectivity index (χ0n) is 7.82. The van der Waals surface area contributed by atoms with E-state index in [9.17, 15) is 9.59 Å². The molecule has 2 N–H and O–H groups in total. The Bertz CT molecular complexity index is 360. The number of carbonyl (C=O) groups is 2. The van der Waals surface area contributed by atoms with Crippen molar-refractivity contribution in [1.82, 2.24) is 0 Å². The second kappa shape index (κ2) is 4.41. The molecule has 0 aliphatic heterocycles. The first kappa shape index (κ1) is 10.2. The van der Waals surface area contributed by atoms with Gasteiger partial charge in [-0.15, -0.1) is 0 Å². The maximum Gasteiger partial charge on any atom is 0.303 e. The van der Waals surface area contributed by atoms with Crippen LogP contribution in [-0.2, 0) is 9.53 Å². The number of para-hydroxylation sites is 1. The summed E-state index contributed by atoms with van der Waals surface area (Å²) in [6, 6.07) is 6.66. The molecule has 1 rings (SSSR count). The van der Waals surface area contributed by atoms with E-state index in [1.165, 1.54) is 6.92 Å². The molecular weight excluding hydrogens is 182 g/mol. The average molecular weight is 193 g/mol. The van der Waals surface area contributed by atoms with Gasteiger partial charge in [-0.1, -0.05) is 12.1 Å². The summed E-state index contributed by atoms with van der Waals surface area (Å²) < 4.78 is 4.57. The van der Waals surface area contributed by atoms with Gasteiger partial charge >= 0.3 is 5.97 Å². The second-order valence-corrected chi connectivity index (χ2v) is 2.79. The molecule has 0 aromatic heterocycles. The van der Waals surface area contributed by atoms with Gasteiger partial charge in [0.1, 0.15) is 0 Å². The van der Waals surface area contributed by atoms with Gasteiger partial charge in [-0.3, -0.25) is 9.59 Å². The SMILES string of the molecule is CC(=O)OCC(=O)c1ccccc1N. The standard InChI is InChI=1S/C10H11NO3/c1-7(12)14-6-10(13)8-4-2-3-5-9(8)11/h2-5H,6,11H2,1H3. The van der Waals surface area contributed by atoms with Crippen molar-refractivity contribution in [1.29, 1.82) is 0 Å². The molecule has 0 spiro atoms. The van der Waals surface area contributed by atoms with Gasteiger partial charge in [-0.05, 0) is 12.1 Å². The number of rotatable bonds is 3. The van der Waals surface area contributed by atoms with Crippen LogP contribution >= 0.6 is 0 Å². The number of hydrogen-bond donors (Lipinski definition) is 1. The monoisotopic (exact) mass is 193 g/mol. The Hall–Kier alpha value is -1.84. The smallest absolute Gasteiger partial charge is 0.303 e. The Morgan fingerprint density at radius 2 is 2.00 bits per heavy atom. The number of ether oxygens (including phenoxy) is 1. The Morgan fingerprint density at radius 3 is 2.57 bits per heavy atom. The third-order valence-corrected chi connectivity index (χ3v) is 1.67. The third kappa shape index (κ3) is 2.58. The molecule has 4 heteroatoms. The number of anilines is 1. The molecule has 0 bridgehead atoms. The number of hydrogen-bond acceptors (Lipinski definition) is 4. The molecule has 0 amide bonds. The number of nitrogen functional groups attached to an aromatic ring is 1. The fourth-order valence-corrected chi connectivity index (χ4v) is 0.996. The minimum atomic E-state index is -0.479. The fraction of sp³-hybridized carbons (Fsp3) is 0.200. The van der Waals surface area contributed by atoms with Gasteiger partial charge in [0.15, 0.2) is 6.61 Å². The van der Waals surface area contributed by atoms with Crippen LogP contribution in [0.4, 0.5) is 5.69 Å². The van der Waals surface area contributed by atoms with Crippen LogP contribution in [-0.4, -0.2) is 18.4 Å². The van der Waals surface area contributed by atoms with E-state index in [0.717, 1.165) is 0 Å². The highest BCUT2D eigenvalue weighted by molar-refractivity contribution is 6.02. The van der Waals surface area contributed by atoms with Gasteiger partial charge in [-0.2, -0.15) is 0 Å². The van der Waals surface area contributed by atoms with Gasteiger partial charge in [0, 0.05) is 18.2 Å². The lowest BCUT2D eigenvalue weighted by Gasteiger charge is -2.03. The first-order valence-corrected chi connectivity index (χ1v) is 4.12. The van der Waals surface area contributed by atoms with Crippen LogP contribution in [0.2, 0.25) is 0 Å². The number of benzene rings is 1. The van der Waals surface area contributed by atoms with Crippen LogP contribution in [0, 0.1) is 0 Å². The van der Waals surface area contributed by atoms with E-state index in [1.54, 1.807) is 24.3 Å². The van der Waals surface area contributed by atoms with E-state index in [4.69, 9.17) is 5.73 Å². The topological polar surface area (TPSA) is 69.4 Å². The molecule has 0 aliphatic rings. The van der Waals surface area contributed by atoms with Crippen molar-refractivity contribution in [3.8, 4) is 0 Å². The minimum Gasteiger partial charge on any atom is -0.457 e. The second-order valence-electron chi connectivity index (χ2n) is 2.79. The van der Waals surface area contributed by atoms with E-state index >= 15 is 0 Å². The van der Waals surface area contributed by atoms with Crippen LogP contribution in [0.15, 0.2) is 24.3 Å². The largest absolute Gasteiger partial charge is 0.457 e. The number of nitrogens with two attached hydrogens (primary N) is 1. The maximum absolute atomic E-state index is 11.4. The van der Waals surface area contributed by atoms with Gasteiger partial charge in [0.05, 0.1) is 0 Å². The van der Waals surface area contributed by atoms with E-state index in [-0.39, 0.29) is 12.4 Å².